The van der Waals surface area contributed by atoms with Gasteiger partial charge in [0.15, 0.2) is 11.5 Å². The molecule has 0 bridgehead atoms. The maximum Gasteiger partial charge on any atom is 0.161 e. The van der Waals surface area contributed by atoms with Crippen molar-refractivity contribution in [3.63, 3.8) is 0 Å². The highest BCUT2D eigenvalue weighted by molar-refractivity contribution is 5.65. The number of carbonyl (C=O) groups is 1. The number of aldehydes is 1. The second kappa shape index (κ2) is 3.94. The summed E-state index contributed by atoms with van der Waals surface area (Å²) in [6, 6.07) is 5.10. The van der Waals surface area contributed by atoms with Crippen LogP contribution in [0.15, 0.2) is 18.2 Å². The Balaban J connectivity index is 3.14. The number of rotatable bonds is 3. The van der Waals surface area contributed by atoms with Gasteiger partial charge >= 0.3 is 0 Å². The van der Waals surface area contributed by atoms with Crippen molar-refractivity contribution in [2.45, 2.75) is 12.8 Å². The second-order valence-corrected chi connectivity index (χ2v) is 2.82. The molecule has 0 aromatic heterocycles. The first-order valence-electron chi connectivity index (χ1n) is 4.02. The SMILES string of the molecule is COc1cccc(C(C)C=O)c1O. The lowest BCUT2D eigenvalue weighted by Crippen LogP contribution is -1.96. The summed E-state index contributed by atoms with van der Waals surface area (Å²) in [6.45, 7) is 1.72. The van der Waals surface area contributed by atoms with E-state index in [2.05, 4.69) is 0 Å². The normalized spacial score (nSPS) is 12.2. The van der Waals surface area contributed by atoms with E-state index in [0.29, 0.717) is 11.3 Å². The minimum absolute atomic E-state index is 0.0459. The molecule has 13 heavy (non-hydrogen) atoms. The number of aromatic hydroxyl groups is 1. The fraction of sp³-hybridized carbons (Fsp3) is 0.300. The smallest absolute Gasteiger partial charge is 0.161 e. The number of ether oxygens (including phenoxy) is 1. The zero-order valence-corrected chi connectivity index (χ0v) is 7.65. The first-order chi connectivity index (χ1) is 6.20. The molecular weight excluding hydrogens is 168 g/mol. The average Bonchev–Trinajstić information content (AvgIpc) is 2.17. The predicted octanol–water partition coefficient (Wildman–Crippen LogP) is 1.70. The molecule has 1 unspecified atom stereocenters. The van der Waals surface area contributed by atoms with Crippen LogP contribution in [-0.2, 0) is 4.79 Å². The van der Waals surface area contributed by atoms with Crippen LogP contribution in [0.1, 0.15) is 18.4 Å². The molecule has 0 aliphatic rings. The standard InChI is InChI=1S/C10H12O3/c1-7(6-11)8-4-3-5-9(13-2)10(8)12/h3-7,12H,1-2H3. The Labute approximate surface area is 77.0 Å². The number of para-hydroxylation sites is 1. The minimum Gasteiger partial charge on any atom is -0.504 e. The molecule has 0 aliphatic heterocycles. The van der Waals surface area contributed by atoms with Crippen LogP contribution in [-0.4, -0.2) is 18.5 Å². The van der Waals surface area contributed by atoms with Crippen LogP contribution >= 0.6 is 0 Å². The molecule has 1 aromatic carbocycles. The molecule has 1 atom stereocenters. The van der Waals surface area contributed by atoms with Crippen LogP contribution in [0.4, 0.5) is 0 Å². The van der Waals surface area contributed by atoms with Crippen molar-refractivity contribution in [3.05, 3.63) is 23.8 Å². The average molecular weight is 180 g/mol. The molecule has 0 saturated heterocycles. The van der Waals surface area contributed by atoms with Gasteiger partial charge in [-0.15, -0.1) is 0 Å². The van der Waals surface area contributed by atoms with Gasteiger partial charge in [0.1, 0.15) is 6.29 Å². The summed E-state index contributed by atoms with van der Waals surface area (Å²) in [5, 5.41) is 9.61. The number of hydrogen-bond acceptors (Lipinski definition) is 3. The quantitative estimate of drug-likeness (QED) is 0.720. The summed E-state index contributed by atoms with van der Waals surface area (Å²) in [4.78, 5) is 10.5. The largest absolute Gasteiger partial charge is 0.504 e. The lowest BCUT2D eigenvalue weighted by atomic mass is 10.0. The molecule has 0 spiro atoms. The van der Waals surface area contributed by atoms with Crippen LogP contribution in [0.2, 0.25) is 0 Å². The summed E-state index contributed by atoms with van der Waals surface area (Å²) in [5.41, 5.74) is 0.592. The number of benzene rings is 1. The zero-order chi connectivity index (χ0) is 9.84. The van der Waals surface area contributed by atoms with E-state index in [1.807, 2.05) is 0 Å². The highest BCUT2D eigenvalue weighted by Crippen LogP contribution is 2.33. The van der Waals surface area contributed by atoms with E-state index < -0.39 is 0 Å². The lowest BCUT2D eigenvalue weighted by molar-refractivity contribution is -0.108. The molecule has 0 heterocycles. The van der Waals surface area contributed by atoms with Crippen LogP contribution in [0.5, 0.6) is 11.5 Å². The fourth-order valence-electron chi connectivity index (χ4n) is 1.14. The summed E-state index contributed by atoms with van der Waals surface area (Å²) < 4.78 is 4.91. The summed E-state index contributed by atoms with van der Waals surface area (Å²) in [7, 11) is 1.48. The van der Waals surface area contributed by atoms with Crippen molar-refractivity contribution in [1.82, 2.24) is 0 Å². The van der Waals surface area contributed by atoms with Crippen LogP contribution in [0, 0.1) is 0 Å². The number of phenolic OH excluding ortho intramolecular Hbond substituents is 1. The van der Waals surface area contributed by atoms with Crippen LogP contribution < -0.4 is 4.74 Å². The van der Waals surface area contributed by atoms with Crippen molar-refractivity contribution in [3.8, 4) is 11.5 Å². The van der Waals surface area contributed by atoms with E-state index in [0.717, 1.165) is 6.29 Å². The molecular formula is C10H12O3. The minimum atomic E-state index is -0.310. The Morgan fingerprint density at radius 3 is 2.77 bits per heavy atom. The van der Waals surface area contributed by atoms with Gasteiger partial charge < -0.3 is 14.6 Å². The Hall–Kier alpha value is -1.51. The molecule has 0 amide bonds. The first-order valence-corrected chi connectivity index (χ1v) is 4.02. The Bertz CT molecular complexity index is 307. The Kier molecular flexibility index (Phi) is 2.90. The van der Waals surface area contributed by atoms with Crippen LogP contribution in [0.25, 0.3) is 0 Å². The highest BCUT2D eigenvalue weighted by atomic mass is 16.5. The number of hydrogen-bond donors (Lipinski definition) is 1. The third-order valence-electron chi connectivity index (χ3n) is 1.94. The van der Waals surface area contributed by atoms with Crippen molar-refractivity contribution in [2.75, 3.05) is 7.11 Å². The van der Waals surface area contributed by atoms with Crippen molar-refractivity contribution in [1.29, 1.82) is 0 Å². The maximum absolute atomic E-state index is 10.5. The lowest BCUT2D eigenvalue weighted by Gasteiger charge is -2.09. The zero-order valence-electron chi connectivity index (χ0n) is 7.65. The second-order valence-electron chi connectivity index (χ2n) is 2.82. The van der Waals surface area contributed by atoms with E-state index in [-0.39, 0.29) is 11.7 Å². The van der Waals surface area contributed by atoms with Gasteiger partial charge in [0.05, 0.1) is 7.11 Å². The van der Waals surface area contributed by atoms with Gasteiger partial charge in [-0.05, 0) is 6.07 Å². The molecule has 70 valence electrons. The van der Waals surface area contributed by atoms with E-state index in [4.69, 9.17) is 4.74 Å². The van der Waals surface area contributed by atoms with Gasteiger partial charge in [0.2, 0.25) is 0 Å². The van der Waals surface area contributed by atoms with Crippen molar-refractivity contribution >= 4 is 6.29 Å². The summed E-state index contributed by atoms with van der Waals surface area (Å²) >= 11 is 0. The molecule has 1 rings (SSSR count). The van der Waals surface area contributed by atoms with Gasteiger partial charge in [0.25, 0.3) is 0 Å². The molecule has 1 aromatic rings. The van der Waals surface area contributed by atoms with Crippen molar-refractivity contribution < 1.29 is 14.6 Å². The monoisotopic (exact) mass is 180 g/mol. The molecule has 0 radical (unpaired) electrons. The maximum atomic E-state index is 10.5. The molecule has 1 N–H and O–H groups in total. The first kappa shape index (κ1) is 9.58. The molecule has 0 aliphatic carbocycles. The van der Waals surface area contributed by atoms with E-state index in [1.54, 1.807) is 25.1 Å². The van der Waals surface area contributed by atoms with Gasteiger partial charge in [-0.2, -0.15) is 0 Å². The van der Waals surface area contributed by atoms with Gasteiger partial charge in [-0.3, -0.25) is 0 Å². The molecule has 0 fully saturated rings. The van der Waals surface area contributed by atoms with E-state index in [9.17, 15) is 9.90 Å². The topological polar surface area (TPSA) is 46.5 Å². The Morgan fingerprint density at radius 2 is 2.23 bits per heavy atom. The fourth-order valence-corrected chi connectivity index (χ4v) is 1.14. The molecule has 3 heteroatoms. The Morgan fingerprint density at radius 1 is 1.54 bits per heavy atom. The van der Waals surface area contributed by atoms with Crippen molar-refractivity contribution in [2.24, 2.45) is 0 Å². The highest BCUT2D eigenvalue weighted by Gasteiger charge is 2.12. The van der Waals surface area contributed by atoms with Gasteiger partial charge in [-0.1, -0.05) is 19.1 Å². The third kappa shape index (κ3) is 1.80. The van der Waals surface area contributed by atoms with E-state index in [1.165, 1.54) is 7.11 Å². The number of phenols is 1. The third-order valence-corrected chi connectivity index (χ3v) is 1.94. The van der Waals surface area contributed by atoms with Gasteiger partial charge in [-0.25, -0.2) is 0 Å². The summed E-state index contributed by atoms with van der Waals surface area (Å²) in [5.74, 6) is 0.130. The number of carbonyl (C=O) groups excluding carboxylic acids is 1. The molecule has 3 nitrogen and oxygen atoms in total. The van der Waals surface area contributed by atoms with E-state index >= 15 is 0 Å². The van der Waals surface area contributed by atoms with Gasteiger partial charge in [0, 0.05) is 11.5 Å². The molecule has 0 saturated carbocycles. The predicted molar refractivity (Wildman–Crippen MR) is 49.1 cm³/mol. The van der Waals surface area contributed by atoms with Crippen LogP contribution in [0.3, 0.4) is 0 Å². The number of methoxy groups -OCH3 is 1. The summed E-state index contributed by atoms with van der Waals surface area (Å²) in [6.07, 6.45) is 0.786.